The maximum absolute atomic E-state index is 11.7. The van der Waals surface area contributed by atoms with Crippen molar-refractivity contribution >= 4 is 10.2 Å². The minimum Gasteiger partial charge on any atom is -0.201 e. The first-order valence-electron chi connectivity index (χ1n) is 5.31. The summed E-state index contributed by atoms with van der Waals surface area (Å²) in [5.74, 6) is 5.56. The summed E-state index contributed by atoms with van der Waals surface area (Å²) in [5.41, 5.74) is 0. The van der Waals surface area contributed by atoms with Crippen molar-refractivity contribution in [2.45, 2.75) is 32.6 Å². The molecule has 0 aromatic heterocycles. The van der Waals surface area contributed by atoms with E-state index in [4.69, 9.17) is 0 Å². The van der Waals surface area contributed by atoms with Crippen LogP contribution in [0.25, 0.3) is 0 Å². The first-order valence-corrected chi connectivity index (χ1v) is 6.75. The Morgan fingerprint density at radius 1 is 1.27 bits per heavy atom. The Hall–Kier alpha value is -0.570. The molecular weight excluding hydrogens is 212 g/mol. The Labute approximate surface area is 92.2 Å². The quantitative estimate of drug-likeness (QED) is 0.571. The highest BCUT2D eigenvalue weighted by molar-refractivity contribution is 7.87. The molecule has 1 rings (SSSR count). The van der Waals surface area contributed by atoms with Gasteiger partial charge >= 0.3 is 0 Å². The molecule has 0 spiro atoms. The molecule has 4 nitrogen and oxygen atoms in total. The van der Waals surface area contributed by atoms with Gasteiger partial charge in [-0.05, 0) is 19.8 Å². The summed E-state index contributed by atoms with van der Waals surface area (Å²) >= 11 is 0. The van der Waals surface area contributed by atoms with E-state index in [-0.39, 0.29) is 0 Å². The van der Waals surface area contributed by atoms with Crippen molar-refractivity contribution in [1.82, 2.24) is 9.03 Å². The Balaban J connectivity index is 2.38. The summed E-state index contributed by atoms with van der Waals surface area (Å²) in [6, 6.07) is 0. The van der Waals surface area contributed by atoms with E-state index >= 15 is 0 Å². The maximum Gasteiger partial charge on any atom is 0.279 e. The van der Waals surface area contributed by atoms with Crippen molar-refractivity contribution in [3.8, 4) is 11.8 Å². The standard InChI is InChI=1S/C10H18N2O2S/c1-2-3-5-8-11-15(13,14)12-9-6-4-7-10-12/h11H,4-10H2,1H3. The third-order valence-electron chi connectivity index (χ3n) is 2.37. The Bertz CT molecular complexity index is 334. The number of hydrogen-bond acceptors (Lipinski definition) is 2. The van der Waals surface area contributed by atoms with Gasteiger partial charge in [-0.15, -0.1) is 11.8 Å². The van der Waals surface area contributed by atoms with Crippen LogP contribution >= 0.6 is 0 Å². The van der Waals surface area contributed by atoms with Gasteiger partial charge < -0.3 is 0 Å². The summed E-state index contributed by atoms with van der Waals surface area (Å²) < 4.78 is 27.5. The molecule has 0 aromatic carbocycles. The third-order valence-corrected chi connectivity index (χ3v) is 3.98. The Kier molecular flexibility index (Phi) is 5.09. The third kappa shape index (κ3) is 4.20. The molecular formula is C10H18N2O2S. The van der Waals surface area contributed by atoms with Gasteiger partial charge in [0, 0.05) is 26.1 Å². The number of hydrogen-bond donors (Lipinski definition) is 1. The smallest absolute Gasteiger partial charge is 0.201 e. The van der Waals surface area contributed by atoms with Gasteiger partial charge in [0.2, 0.25) is 0 Å². The molecule has 0 radical (unpaired) electrons. The van der Waals surface area contributed by atoms with Crippen LogP contribution in [-0.2, 0) is 10.2 Å². The average Bonchev–Trinajstić information content (AvgIpc) is 2.26. The molecule has 1 aliphatic rings. The highest BCUT2D eigenvalue weighted by Crippen LogP contribution is 2.11. The molecule has 0 bridgehead atoms. The lowest BCUT2D eigenvalue weighted by atomic mass is 10.2. The fourth-order valence-electron chi connectivity index (χ4n) is 1.56. The molecule has 0 aliphatic carbocycles. The second-order valence-electron chi connectivity index (χ2n) is 3.54. The van der Waals surface area contributed by atoms with Crippen molar-refractivity contribution in [3.63, 3.8) is 0 Å². The van der Waals surface area contributed by atoms with Gasteiger partial charge in [-0.3, -0.25) is 0 Å². The fraction of sp³-hybridized carbons (Fsp3) is 0.800. The van der Waals surface area contributed by atoms with Crippen LogP contribution < -0.4 is 4.72 Å². The number of piperidine rings is 1. The van der Waals surface area contributed by atoms with Gasteiger partial charge in [-0.25, -0.2) is 4.72 Å². The lowest BCUT2D eigenvalue weighted by Gasteiger charge is -2.25. The number of rotatable bonds is 4. The van der Waals surface area contributed by atoms with Crippen molar-refractivity contribution in [2.24, 2.45) is 0 Å². The highest BCUT2D eigenvalue weighted by atomic mass is 32.2. The molecule has 15 heavy (non-hydrogen) atoms. The number of nitrogens with zero attached hydrogens (tertiary/aromatic N) is 1. The van der Waals surface area contributed by atoms with Crippen LogP contribution in [0.5, 0.6) is 0 Å². The van der Waals surface area contributed by atoms with Crippen LogP contribution in [0, 0.1) is 11.8 Å². The minimum absolute atomic E-state index is 0.402. The van der Waals surface area contributed by atoms with Crippen LogP contribution in [0.15, 0.2) is 0 Å². The van der Waals surface area contributed by atoms with Gasteiger partial charge in [-0.1, -0.05) is 6.42 Å². The Morgan fingerprint density at radius 3 is 2.53 bits per heavy atom. The van der Waals surface area contributed by atoms with E-state index in [9.17, 15) is 8.42 Å². The molecule has 0 amide bonds. The van der Waals surface area contributed by atoms with Crippen molar-refractivity contribution in [2.75, 3.05) is 19.6 Å². The summed E-state index contributed by atoms with van der Waals surface area (Å²) in [4.78, 5) is 0. The van der Waals surface area contributed by atoms with Gasteiger partial charge in [0.05, 0.1) is 0 Å². The molecule has 0 aromatic rings. The monoisotopic (exact) mass is 230 g/mol. The molecule has 1 fully saturated rings. The molecule has 5 heteroatoms. The molecule has 0 unspecified atom stereocenters. The van der Waals surface area contributed by atoms with Crippen LogP contribution in [0.4, 0.5) is 0 Å². The van der Waals surface area contributed by atoms with E-state index in [1.54, 1.807) is 6.92 Å². The van der Waals surface area contributed by atoms with Crippen LogP contribution in [0.1, 0.15) is 32.6 Å². The molecule has 1 N–H and O–H groups in total. The fourth-order valence-corrected chi connectivity index (χ4v) is 2.85. The average molecular weight is 230 g/mol. The van der Waals surface area contributed by atoms with E-state index in [0.717, 1.165) is 19.3 Å². The molecule has 86 valence electrons. The topological polar surface area (TPSA) is 49.4 Å². The van der Waals surface area contributed by atoms with Crippen molar-refractivity contribution in [1.29, 1.82) is 0 Å². The summed E-state index contributed by atoms with van der Waals surface area (Å²) in [6.45, 7) is 3.45. The molecule has 0 atom stereocenters. The first-order chi connectivity index (χ1) is 7.17. The zero-order chi connectivity index (χ0) is 11.1. The predicted octanol–water partition coefficient (Wildman–Crippen LogP) is 0.720. The second kappa shape index (κ2) is 6.11. The van der Waals surface area contributed by atoms with Crippen LogP contribution in [-0.4, -0.2) is 32.4 Å². The molecule has 1 saturated heterocycles. The molecule has 1 aliphatic heterocycles. The van der Waals surface area contributed by atoms with E-state index in [1.165, 1.54) is 4.31 Å². The SMILES string of the molecule is CC#CCCNS(=O)(=O)N1CCCCC1. The van der Waals surface area contributed by atoms with E-state index in [0.29, 0.717) is 26.1 Å². The summed E-state index contributed by atoms with van der Waals surface area (Å²) in [5, 5.41) is 0. The minimum atomic E-state index is -3.25. The van der Waals surface area contributed by atoms with Crippen molar-refractivity contribution in [3.05, 3.63) is 0 Å². The Morgan fingerprint density at radius 2 is 1.93 bits per heavy atom. The highest BCUT2D eigenvalue weighted by Gasteiger charge is 2.22. The zero-order valence-corrected chi connectivity index (χ0v) is 9.94. The summed E-state index contributed by atoms with van der Waals surface area (Å²) in [7, 11) is -3.25. The largest absolute Gasteiger partial charge is 0.279 e. The normalized spacial score (nSPS) is 18.2. The predicted molar refractivity (Wildman–Crippen MR) is 60.4 cm³/mol. The maximum atomic E-state index is 11.7. The van der Waals surface area contributed by atoms with E-state index in [2.05, 4.69) is 16.6 Å². The van der Waals surface area contributed by atoms with E-state index in [1.807, 2.05) is 0 Å². The summed E-state index contributed by atoms with van der Waals surface area (Å²) in [6.07, 6.45) is 3.64. The lowest BCUT2D eigenvalue weighted by Crippen LogP contribution is -2.43. The molecule has 0 saturated carbocycles. The van der Waals surface area contributed by atoms with Gasteiger partial charge in [0.15, 0.2) is 0 Å². The number of nitrogens with one attached hydrogen (secondary N) is 1. The molecule has 1 heterocycles. The van der Waals surface area contributed by atoms with Gasteiger partial charge in [-0.2, -0.15) is 12.7 Å². The van der Waals surface area contributed by atoms with E-state index < -0.39 is 10.2 Å². The lowest BCUT2D eigenvalue weighted by molar-refractivity contribution is 0.342. The zero-order valence-electron chi connectivity index (χ0n) is 9.12. The van der Waals surface area contributed by atoms with Crippen LogP contribution in [0.2, 0.25) is 0 Å². The van der Waals surface area contributed by atoms with Gasteiger partial charge in [0.25, 0.3) is 10.2 Å². The second-order valence-corrected chi connectivity index (χ2v) is 5.29. The van der Waals surface area contributed by atoms with Crippen molar-refractivity contribution < 1.29 is 8.42 Å². The first kappa shape index (κ1) is 12.5. The van der Waals surface area contributed by atoms with Crippen LogP contribution in [0.3, 0.4) is 0 Å². The van der Waals surface area contributed by atoms with Gasteiger partial charge in [0.1, 0.15) is 0 Å².